The van der Waals surface area contributed by atoms with Gasteiger partial charge in [0.2, 0.25) is 0 Å². The molecule has 0 fully saturated rings. The highest BCUT2D eigenvalue weighted by molar-refractivity contribution is 5.93. The van der Waals surface area contributed by atoms with E-state index in [0.717, 1.165) is 22.6 Å². The maximum atomic E-state index is 12.4. The lowest BCUT2D eigenvalue weighted by molar-refractivity contribution is 0.0357. The van der Waals surface area contributed by atoms with E-state index in [-0.39, 0.29) is 5.91 Å². The smallest absolute Gasteiger partial charge is 0.293 e. The average molecular weight is 324 g/mol. The number of aryl methyl sites for hydroxylation is 2. The molecule has 0 radical (unpaired) electrons. The van der Waals surface area contributed by atoms with Crippen molar-refractivity contribution < 1.29 is 9.63 Å². The molecule has 0 aliphatic rings. The molecule has 2 aromatic heterocycles. The highest BCUT2D eigenvalue weighted by atomic mass is 16.6. The van der Waals surface area contributed by atoms with E-state index in [1.165, 1.54) is 0 Å². The molecule has 1 N–H and O–H groups in total. The fourth-order valence-corrected chi connectivity index (χ4v) is 2.54. The second kappa shape index (κ2) is 6.72. The van der Waals surface area contributed by atoms with E-state index in [9.17, 15) is 4.79 Å². The molecule has 0 atom stereocenters. The third kappa shape index (κ3) is 3.09. The minimum Gasteiger partial charge on any atom is -0.349 e. The van der Waals surface area contributed by atoms with Crippen molar-refractivity contribution in [3.05, 3.63) is 59.9 Å². The van der Waals surface area contributed by atoms with Crippen LogP contribution in [0.25, 0.3) is 17.1 Å². The fourth-order valence-electron chi connectivity index (χ4n) is 2.54. The zero-order valence-electron chi connectivity index (χ0n) is 14.0. The number of carbonyl (C=O) groups is 1. The summed E-state index contributed by atoms with van der Waals surface area (Å²) in [6.07, 6.45) is 1.95. The monoisotopic (exact) mass is 324 g/mol. The first-order valence-corrected chi connectivity index (χ1v) is 7.81. The molecule has 6 nitrogen and oxygen atoms in total. The van der Waals surface area contributed by atoms with Crippen LogP contribution in [0.2, 0.25) is 0 Å². The molecule has 0 saturated heterocycles. The summed E-state index contributed by atoms with van der Waals surface area (Å²) in [5.41, 5.74) is 6.45. The Kier molecular flexibility index (Phi) is 4.48. The molecule has 124 valence electrons. The van der Waals surface area contributed by atoms with Gasteiger partial charge < -0.3 is 4.57 Å². The summed E-state index contributed by atoms with van der Waals surface area (Å²) in [7, 11) is 1.95. The maximum absolute atomic E-state index is 12.4. The van der Waals surface area contributed by atoms with Crippen molar-refractivity contribution in [2.75, 3.05) is 6.61 Å². The molecule has 0 bridgehead atoms. The van der Waals surface area contributed by atoms with E-state index < -0.39 is 0 Å². The summed E-state index contributed by atoms with van der Waals surface area (Å²) in [4.78, 5) is 17.5. The van der Waals surface area contributed by atoms with Crippen molar-refractivity contribution >= 4 is 5.91 Å². The highest BCUT2D eigenvalue weighted by Crippen LogP contribution is 2.22. The topological polar surface area (TPSA) is 61.1 Å². The number of aromatic nitrogens is 3. The number of hydrogen-bond donors (Lipinski definition) is 1. The van der Waals surface area contributed by atoms with E-state index >= 15 is 0 Å². The standard InChI is InChI=1S/C18H20N4O2/c1-4-24-20-18(23)17-12-15(16-9-6-10-21(16)3)19-22(17)14-8-5-7-13(2)11-14/h5-12H,4H2,1-3H3,(H,20,23). The number of benzene rings is 1. The van der Waals surface area contributed by atoms with Crippen LogP contribution in [-0.4, -0.2) is 26.9 Å². The largest absolute Gasteiger partial charge is 0.349 e. The molecular weight excluding hydrogens is 304 g/mol. The van der Waals surface area contributed by atoms with E-state index in [4.69, 9.17) is 4.84 Å². The third-order valence-corrected chi connectivity index (χ3v) is 3.70. The van der Waals surface area contributed by atoms with Gasteiger partial charge in [-0.25, -0.2) is 10.2 Å². The van der Waals surface area contributed by atoms with Crippen molar-refractivity contribution in [1.82, 2.24) is 19.8 Å². The molecule has 3 rings (SSSR count). The number of rotatable bonds is 5. The van der Waals surface area contributed by atoms with Crippen LogP contribution in [0.15, 0.2) is 48.7 Å². The van der Waals surface area contributed by atoms with Crippen LogP contribution in [0.5, 0.6) is 0 Å². The van der Waals surface area contributed by atoms with Crippen molar-refractivity contribution in [3.63, 3.8) is 0 Å². The number of hydrogen-bond acceptors (Lipinski definition) is 3. The van der Waals surface area contributed by atoms with Crippen LogP contribution in [0.3, 0.4) is 0 Å². The average Bonchev–Trinajstić information content (AvgIpc) is 3.18. The van der Waals surface area contributed by atoms with Crippen LogP contribution >= 0.6 is 0 Å². The van der Waals surface area contributed by atoms with Gasteiger partial charge in [0.15, 0.2) is 0 Å². The first-order valence-electron chi connectivity index (χ1n) is 7.81. The number of carbonyl (C=O) groups excluding carboxylic acids is 1. The van der Waals surface area contributed by atoms with Crippen molar-refractivity contribution in [2.24, 2.45) is 7.05 Å². The Morgan fingerprint density at radius 2 is 2.08 bits per heavy atom. The van der Waals surface area contributed by atoms with Gasteiger partial charge in [-0.3, -0.25) is 9.63 Å². The van der Waals surface area contributed by atoms with Crippen LogP contribution in [0.1, 0.15) is 23.0 Å². The third-order valence-electron chi connectivity index (χ3n) is 3.70. The number of nitrogens with one attached hydrogen (secondary N) is 1. The summed E-state index contributed by atoms with van der Waals surface area (Å²) < 4.78 is 3.61. The molecule has 0 aliphatic heterocycles. The van der Waals surface area contributed by atoms with Gasteiger partial charge in [0.25, 0.3) is 5.91 Å². The van der Waals surface area contributed by atoms with Gasteiger partial charge in [0, 0.05) is 13.2 Å². The van der Waals surface area contributed by atoms with E-state index in [0.29, 0.717) is 12.3 Å². The molecule has 3 aromatic rings. The summed E-state index contributed by atoms with van der Waals surface area (Å²) >= 11 is 0. The minimum atomic E-state index is -0.327. The van der Waals surface area contributed by atoms with Crippen LogP contribution in [-0.2, 0) is 11.9 Å². The van der Waals surface area contributed by atoms with Crippen molar-refractivity contribution in [3.8, 4) is 17.1 Å². The Morgan fingerprint density at radius 3 is 2.75 bits per heavy atom. The maximum Gasteiger partial charge on any atom is 0.293 e. The zero-order chi connectivity index (χ0) is 17.1. The quantitative estimate of drug-likeness (QED) is 0.734. The van der Waals surface area contributed by atoms with E-state index in [1.54, 1.807) is 10.7 Å². The summed E-state index contributed by atoms with van der Waals surface area (Å²) in [6, 6.07) is 13.5. The van der Waals surface area contributed by atoms with Gasteiger partial charge in [-0.05, 0) is 49.7 Å². The molecule has 1 aromatic carbocycles. The highest BCUT2D eigenvalue weighted by Gasteiger charge is 2.18. The lowest BCUT2D eigenvalue weighted by atomic mass is 10.2. The summed E-state index contributed by atoms with van der Waals surface area (Å²) in [6.45, 7) is 4.22. The number of hydroxylamine groups is 1. The van der Waals surface area contributed by atoms with Gasteiger partial charge in [-0.2, -0.15) is 5.10 Å². The van der Waals surface area contributed by atoms with Crippen LogP contribution in [0, 0.1) is 6.92 Å². The predicted molar refractivity (Wildman–Crippen MR) is 91.8 cm³/mol. The van der Waals surface area contributed by atoms with Crippen LogP contribution < -0.4 is 5.48 Å². The van der Waals surface area contributed by atoms with Gasteiger partial charge in [-0.15, -0.1) is 0 Å². The van der Waals surface area contributed by atoms with Gasteiger partial charge in [0.1, 0.15) is 11.4 Å². The molecule has 0 unspecified atom stereocenters. The molecule has 0 aliphatic carbocycles. The Labute approximate surface area is 140 Å². The number of nitrogens with zero attached hydrogens (tertiary/aromatic N) is 3. The minimum absolute atomic E-state index is 0.327. The van der Waals surface area contributed by atoms with Crippen molar-refractivity contribution in [1.29, 1.82) is 0 Å². The fraction of sp³-hybridized carbons (Fsp3) is 0.222. The predicted octanol–water partition coefficient (Wildman–Crippen LogP) is 2.87. The first-order chi connectivity index (χ1) is 11.6. The second-order valence-electron chi connectivity index (χ2n) is 5.53. The lowest BCUT2D eigenvalue weighted by Crippen LogP contribution is -2.26. The molecule has 6 heteroatoms. The molecule has 0 spiro atoms. The first kappa shape index (κ1) is 16.0. The van der Waals surface area contributed by atoms with E-state index in [2.05, 4.69) is 10.6 Å². The van der Waals surface area contributed by atoms with Crippen LogP contribution in [0.4, 0.5) is 0 Å². The lowest BCUT2D eigenvalue weighted by Gasteiger charge is -2.08. The Hall–Kier alpha value is -2.86. The van der Waals surface area contributed by atoms with Gasteiger partial charge >= 0.3 is 0 Å². The second-order valence-corrected chi connectivity index (χ2v) is 5.53. The van der Waals surface area contributed by atoms with Gasteiger partial charge in [-0.1, -0.05) is 12.1 Å². The SMILES string of the molecule is CCONC(=O)c1cc(-c2cccn2C)nn1-c1cccc(C)c1. The molecular formula is C18H20N4O2. The van der Waals surface area contributed by atoms with E-state index in [1.807, 2.05) is 68.1 Å². The normalized spacial score (nSPS) is 10.8. The summed E-state index contributed by atoms with van der Waals surface area (Å²) in [5.74, 6) is -0.327. The molecule has 1 amide bonds. The number of amides is 1. The molecule has 24 heavy (non-hydrogen) atoms. The molecule has 0 saturated carbocycles. The Balaban J connectivity index is 2.09. The summed E-state index contributed by atoms with van der Waals surface area (Å²) in [5, 5.41) is 4.63. The Morgan fingerprint density at radius 1 is 1.25 bits per heavy atom. The van der Waals surface area contributed by atoms with Gasteiger partial charge in [0.05, 0.1) is 18.0 Å². The zero-order valence-corrected chi connectivity index (χ0v) is 14.0. The van der Waals surface area contributed by atoms with Crippen molar-refractivity contribution in [2.45, 2.75) is 13.8 Å². The Bertz CT molecular complexity index is 864. The molecule has 2 heterocycles.